The van der Waals surface area contributed by atoms with E-state index in [0.29, 0.717) is 18.5 Å². The number of hydrogen-bond donors (Lipinski definition) is 0. The van der Waals surface area contributed by atoms with Crippen LogP contribution in [0.1, 0.15) is 51.2 Å². The van der Waals surface area contributed by atoms with Gasteiger partial charge >= 0.3 is 12.3 Å². The van der Waals surface area contributed by atoms with Gasteiger partial charge in [0, 0.05) is 24.7 Å². The minimum Gasteiger partial charge on any atom is -0.444 e. The molecule has 0 spiro atoms. The lowest BCUT2D eigenvalue weighted by atomic mass is 10.1. The topological polar surface area (TPSA) is 49.9 Å². The van der Waals surface area contributed by atoms with Gasteiger partial charge in [0.05, 0.1) is 17.1 Å². The molecule has 170 valence electrons. The molecule has 2 aliphatic rings. The maximum absolute atomic E-state index is 13.2. The fourth-order valence-corrected chi connectivity index (χ4v) is 3.72. The molecular weight excluding hydrogens is 433 g/mol. The van der Waals surface area contributed by atoms with E-state index in [2.05, 4.69) is 0 Å². The lowest BCUT2D eigenvalue weighted by Gasteiger charge is -2.32. The molecule has 0 bridgehead atoms. The van der Waals surface area contributed by atoms with E-state index in [1.165, 1.54) is 17.0 Å². The minimum absolute atomic E-state index is 0.0178. The third kappa shape index (κ3) is 5.93. The molecule has 1 aromatic carbocycles. The van der Waals surface area contributed by atoms with Crippen molar-refractivity contribution in [3.8, 4) is 0 Å². The fraction of sp³-hybridized carbons (Fsp3) is 0.545. The summed E-state index contributed by atoms with van der Waals surface area (Å²) in [5.41, 5.74) is -0.880. The Morgan fingerprint density at radius 3 is 2.48 bits per heavy atom. The van der Waals surface area contributed by atoms with Crippen LogP contribution >= 0.6 is 11.6 Å². The lowest BCUT2D eigenvalue weighted by molar-refractivity contribution is -0.137. The molecule has 0 N–H and O–H groups in total. The molecule has 1 fully saturated rings. The van der Waals surface area contributed by atoms with Crippen molar-refractivity contribution in [3.05, 3.63) is 46.0 Å². The Morgan fingerprint density at radius 2 is 1.90 bits per heavy atom. The summed E-state index contributed by atoms with van der Waals surface area (Å²) in [4.78, 5) is 28.7. The number of nitrogens with zero attached hydrogens (tertiary/aromatic N) is 2. The second-order valence-corrected chi connectivity index (χ2v) is 9.24. The molecule has 3 rings (SSSR count). The van der Waals surface area contributed by atoms with Crippen LogP contribution in [-0.2, 0) is 22.3 Å². The molecule has 0 atom stereocenters. The van der Waals surface area contributed by atoms with Crippen LogP contribution < -0.4 is 0 Å². The number of carbonyl (C=O) groups is 2. The van der Waals surface area contributed by atoms with Crippen molar-refractivity contribution >= 4 is 23.6 Å². The highest BCUT2D eigenvalue weighted by Gasteiger charge is 2.38. The number of benzene rings is 1. The first kappa shape index (κ1) is 23.4. The summed E-state index contributed by atoms with van der Waals surface area (Å²) in [6, 6.07) is 3.68. The zero-order valence-electron chi connectivity index (χ0n) is 17.8. The van der Waals surface area contributed by atoms with Gasteiger partial charge in [-0.1, -0.05) is 29.8 Å². The van der Waals surface area contributed by atoms with Gasteiger partial charge in [0.15, 0.2) is 0 Å². The summed E-state index contributed by atoms with van der Waals surface area (Å²) in [5, 5.41) is -0.388. The smallest absolute Gasteiger partial charge is 0.417 e. The van der Waals surface area contributed by atoms with Gasteiger partial charge in [0.1, 0.15) is 5.60 Å². The molecule has 0 aromatic heterocycles. The first-order valence-electron chi connectivity index (χ1n) is 10.2. The molecule has 0 saturated heterocycles. The highest BCUT2D eigenvalue weighted by molar-refractivity contribution is 6.32. The fourth-order valence-electron chi connectivity index (χ4n) is 3.42. The molecule has 5 nitrogen and oxygen atoms in total. The summed E-state index contributed by atoms with van der Waals surface area (Å²) >= 11 is 6.04. The Labute approximate surface area is 184 Å². The predicted molar refractivity (Wildman–Crippen MR) is 111 cm³/mol. The van der Waals surface area contributed by atoms with Crippen LogP contribution in [0.25, 0.3) is 0 Å². The number of alkyl halides is 3. The van der Waals surface area contributed by atoms with Crippen LogP contribution in [0.15, 0.2) is 29.8 Å². The van der Waals surface area contributed by atoms with Gasteiger partial charge in [0.25, 0.3) is 5.91 Å². The van der Waals surface area contributed by atoms with Crippen LogP contribution in [0.4, 0.5) is 18.0 Å². The molecule has 1 aliphatic carbocycles. The quantitative estimate of drug-likeness (QED) is 0.605. The monoisotopic (exact) mass is 458 g/mol. The number of carbonyl (C=O) groups excluding carboxylic acids is 2. The Bertz CT molecular complexity index is 889. The average Bonchev–Trinajstić information content (AvgIpc) is 3.49. The van der Waals surface area contributed by atoms with Crippen molar-refractivity contribution in [2.75, 3.05) is 13.1 Å². The van der Waals surface area contributed by atoms with Gasteiger partial charge < -0.3 is 14.5 Å². The van der Waals surface area contributed by atoms with Crippen LogP contribution in [0, 0.1) is 0 Å². The van der Waals surface area contributed by atoms with E-state index in [4.69, 9.17) is 16.3 Å². The summed E-state index contributed by atoms with van der Waals surface area (Å²) in [6.07, 6.45) is -1.21. The molecule has 1 heterocycles. The van der Waals surface area contributed by atoms with Crippen LogP contribution in [0.3, 0.4) is 0 Å². The molecular formula is C22H26ClF3N2O3. The zero-order valence-corrected chi connectivity index (χ0v) is 18.5. The van der Waals surface area contributed by atoms with E-state index in [0.717, 1.165) is 18.9 Å². The number of amides is 2. The normalized spacial score (nSPS) is 17.3. The van der Waals surface area contributed by atoms with Gasteiger partial charge in [0.2, 0.25) is 0 Å². The summed E-state index contributed by atoms with van der Waals surface area (Å²) < 4.78 is 45.0. The van der Waals surface area contributed by atoms with Crippen LogP contribution in [0.2, 0.25) is 5.02 Å². The van der Waals surface area contributed by atoms with Crippen molar-refractivity contribution in [2.24, 2.45) is 0 Å². The Hall–Kier alpha value is -2.22. The van der Waals surface area contributed by atoms with E-state index in [1.54, 1.807) is 31.7 Å². The Kier molecular flexibility index (Phi) is 6.60. The summed E-state index contributed by atoms with van der Waals surface area (Å²) in [7, 11) is 0. The molecule has 0 radical (unpaired) electrons. The maximum atomic E-state index is 13.2. The van der Waals surface area contributed by atoms with Crippen LogP contribution in [-0.4, -0.2) is 46.5 Å². The van der Waals surface area contributed by atoms with Crippen molar-refractivity contribution in [2.45, 2.75) is 64.4 Å². The van der Waals surface area contributed by atoms with Crippen molar-refractivity contribution in [3.63, 3.8) is 0 Å². The average molecular weight is 459 g/mol. The summed E-state index contributed by atoms with van der Waals surface area (Å²) in [6.45, 7) is 5.83. The molecule has 9 heteroatoms. The molecule has 2 amide bonds. The minimum atomic E-state index is -4.57. The highest BCUT2D eigenvalue weighted by Crippen LogP contribution is 2.38. The third-order valence-electron chi connectivity index (χ3n) is 5.05. The molecule has 1 aliphatic heterocycles. The van der Waals surface area contributed by atoms with E-state index in [1.807, 2.05) is 0 Å². The standard InChI is InChI=1S/C22H26ClF3N2O3/c1-21(2,3)31-20(30)27-11-5-7-15(12-27)19(29)28(16-9-10-16)13-14-6-4-8-17(18(14)23)22(24,25)26/h4,6-8,16H,5,9-13H2,1-3H3. The second-order valence-electron chi connectivity index (χ2n) is 8.86. The van der Waals surface area contributed by atoms with Gasteiger partial charge in [-0.25, -0.2) is 4.79 Å². The molecule has 1 aromatic rings. The lowest BCUT2D eigenvalue weighted by Crippen LogP contribution is -2.43. The molecule has 1 saturated carbocycles. The molecule has 31 heavy (non-hydrogen) atoms. The van der Waals surface area contributed by atoms with Crippen molar-refractivity contribution < 1.29 is 27.5 Å². The first-order chi connectivity index (χ1) is 14.4. The van der Waals surface area contributed by atoms with Gasteiger partial charge in [-0.3, -0.25) is 4.79 Å². The Morgan fingerprint density at radius 1 is 1.23 bits per heavy atom. The van der Waals surface area contributed by atoms with E-state index in [9.17, 15) is 22.8 Å². The van der Waals surface area contributed by atoms with Gasteiger partial charge in [-0.2, -0.15) is 13.2 Å². The third-order valence-corrected chi connectivity index (χ3v) is 5.50. The number of rotatable bonds is 4. The van der Waals surface area contributed by atoms with E-state index in [-0.39, 0.29) is 35.6 Å². The SMILES string of the molecule is CC(C)(C)OC(=O)N1CCC=C(C(=O)N(Cc2cccc(C(F)(F)F)c2Cl)C2CC2)C1. The highest BCUT2D eigenvalue weighted by atomic mass is 35.5. The number of halogens is 4. The summed E-state index contributed by atoms with van der Waals surface area (Å²) in [5.74, 6) is -0.288. The second kappa shape index (κ2) is 8.73. The van der Waals surface area contributed by atoms with Crippen LogP contribution in [0.5, 0.6) is 0 Å². The number of ether oxygens (including phenoxy) is 1. The van der Waals surface area contributed by atoms with Crippen molar-refractivity contribution in [1.82, 2.24) is 9.80 Å². The largest absolute Gasteiger partial charge is 0.444 e. The first-order valence-corrected chi connectivity index (χ1v) is 10.6. The molecule has 0 unspecified atom stereocenters. The predicted octanol–water partition coefficient (Wildman–Crippen LogP) is 5.42. The van der Waals surface area contributed by atoms with Crippen molar-refractivity contribution in [1.29, 1.82) is 0 Å². The maximum Gasteiger partial charge on any atom is 0.417 e. The van der Waals surface area contributed by atoms with E-state index >= 15 is 0 Å². The Balaban J connectivity index is 1.76. The number of hydrogen-bond acceptors (Lipinski definition) is 3. The van der Waals surface area contributed by atoms with E-state index < -0.39 is 23.4 Å². The van der Waals surface area contributed by atoms with Gasteiger partial charge in [-0.05, 0) is 51.7 Å². The zero-order chi connectivity index (χ0) is 23.0. The van der Waals surface area contributed by atoms with Gasteiger partial charge in [-0.15, -0.1) is 0 Å².